The second-order valence-electron chi connectivity index (χ2n) is 21.9. The van der Waals surface area contributed by atoms with Crippen molar-refractivity contribution in [1.82, 2.24) is 30.1 Å². The summed E-state index contributed by atoms with van der Waals surface area (Å²) < 4.78 is 32.4. The van der Waals surface area contributed by atoms with Crippen LogP contribution in [0.5, 0.6) is 0 Å². The van der Waals surface area contributed by atoms with Crippen LogP contribution in [0.25, 0.3) is 0 Å². The van der Waals surface area contributed by atoms with Crippen molar-refractivity contribution in [3.63, 3.8) is 0 Å². The number of likely N-dealkylation sites (tertiary alicyclic amines) is 2. The molecule has 6 rings (SSSR count). The molecule has 6 fully saturated rings. The number of carbonyl (C=O) groups is 4. The fourth-order valence-corrected chi connectivity index (χ4v) is 13.7. The van der Waals surface area contributed by atoms with Crippen molar-refractivity contribution in [2.45, 2.75) is 201 Å². The van der Waals surface area contributed by atoms with Gasteiger partial charge in [0.2, 0.25) is 23.6 Å². The van der Waals surface area contributed by atoms with Gasteiger partial charge >= 0.3 is 10.2 Å². The Hall–Kier alpha value is -2.84. The van der Waals surface area contributed by atoms with Crippen molar-refractivity contribution in [3.8, 4) is 0 Å². The van der Waals surface area contributed by atoms with Gasteiger partial charge in [-0.2, -0.15) is 17.1 Å². The minimum Gasteiger partial charge on any atom is -0.343 e. The van der Waals surface area contributed by atoms with E-state index in [1.807, 2.05) is 27.7 Å². The summed E-state index contributed by atoms with van der Waals surface area (Å²) in [6.45, 7) is 25.3. The van der Waals surface area contributed by atoms with Gasteiger partial charge in [0.05, 0.1) is 17.3 Å². The first-order chi connectivity index (χ1) is 28.4. The largest absolute Gasteiger partial charge is 0.343 e. The zero-order valence-corrected chi connectivity index (χ0v) is 40.2. The molecule has 7 atom stereocenters. The van der Waals surface area contributed by atoms with Gasteiger partial charge < -0.3 is 20.9 Å². The van der Waals surface area contributed by atoms with E-state index in [1.54, 1.807) is 24.8 Å². The third kappa shape index (κ3) is 8.37. The van der Waals surface area contributed by atoms with Crippen molar-refractivity contribution in [2.75, 3.05) is 20.1 Å². The van der Waals surface area contributed by atoms with Gasteiger partial charge in [0, 0.05) is 37.0 Å². The molecule has 0 aromatic carbocycles. The number of nitrogens with zero attached hydrogens (tertiary/aromatic N) is 4. The lowest BCUT2D eigenvalue weighted by atomic mass is 9.73. The van der Waals surface area contributed by atoms with E-state index in [1.165, 1.54) is 11.4 Å². The Bertz CT molecular complexity index is 1850. The van der Waals surface area contributed by atoms with Gasteiger partial charge in [-0.15, -0.1) is 6.58 Å². The molecule has 2 heterocycles. The number of fused-ring (bicyclic) bond motifs is 1. The van der Waals surface area contributed by atoms with E-state index in [2.05, 4.69) is 59.5 Å². The summed E-state index contributed by atoms with van der Waals surface area (Å²) in [4.78, 5) is 63.3. The van der Waals surface area contributed by atoms with Crippen molar-refractivity contribution in [2.24, 2.45) is 37.9 Å². The van der Waals surface area contributed by atoms with Crippen LogP contribution in [0.15, 0.2) is 17.1 Å². The number of carbonyl (C=O) groups excluding carboxylic acids is 4. The molecule has 0 aromatic heterocycles. The van der Waals surface area contributed by atoms with Crippen molar-refractivity contribution in [1.29, 1.82) is 0 Å². The lowest BCUT2D eigenvalue weighted by Gasteiger charge is -2.40. The van der Waals surface area contributed by atoms with Crippen molar-refractivity contribution < 1.29 is 27.6 Å². The second-order valence-corrected chi connectivity index (χ2v) is 23.5. The maximum absolute atomic E-state index is 15.4. The van der Waals surface area contributed by atoms with Crippen LogP contribution in [0.3, 0.4) is 0 Å². The van der Waals surface area contributed by atoms with Crippen LogP contribution in [0.4, 0.5) is 0 Å². The molecule has 7 unspecified atom stereocenters. The fourth-order valence-electron chi connectivity index (χ4n) is 12.4. The summed E-state index contributed by atoms with van der Waals surface area (Å²) in [5, 5.41) is 9.72. The molecule has 13 nitrogen and oxygen atoms in total. The Kier molecular flexibility index (Phi) is 13.5. The molecule has 2 aliphatic heterocycles. The highest BCUT2D eigenvalue weighted by Crippen LogP contribution is 2.88. The SMILES string of the molecule is C=CC1CC1(NC(=O)C1CC2(CN1C(=O)C(NC(=O)C(NC(=O)C1CCCCN1C(C)C)C1CCCCC1)C(C)(C)C)C(C)(C)C21CCC1)C(CC)=NS(=O)(=O)N(C)C(C)C. The average Bonchev–Trinajstić information content (AvgIpc) is 3.91. The highest BCUT2D eigenvalue weighted by molar-refractivity contribution is 7.88. The number of hydrogen-bond acceptors (Lipinski definition) is 7. The molecule has 6 aliphatic rings. The standard InChI is InChI=1S/C47H79N7O6S/c1-13-33-27-47(33,36(14-2)51-61(59,60)52(12)30(3)4)50-40(56)35-28-46(44(10,11)45(46)24-20-25-45)29-54(35)42(58)38(43(7,8)9)49-41(57)37(32-21-16-15-17-22-32)48-39(55)34-23-18-19-26-53(34)31(5)6/h13,30-35,37-38H,1,14-29H2,2-12H3,(H,48,55)(H,49,57)(H,50,56). The minimum atomic E-state index is -4.03. The Morgan fingerprint density at radius 2 is 1.52 bits per heavy atom. The van der Waals surface area contributed by atoms with Crippen LogP contribution in [0, 0.1) is 33.5 Å². The molecular formula is C47H79N7O6S. The zero-order chi connectivity index (χ0) is 45.1. The first kappa shape index (κ1) is 47.6. The highest BCUT2D eigenvalue weighted by Gasteiger charge is 2.85. The average molecular weight is 870 g/mol. The molecule has 4 saturated carbocycles. The Balaban J connectivity index is 1.31. The number of amides is 4. The summed E-state index contributed by atoms with van der Waals surface area (Å²) in [6, 6.07) is -3.02. The van der Waals surface area contributed by atoms with Crippen molar-refractivity contribution >= 4 is 39.5 Å². The molecule has 4 aliphatic carbocycles. The number of hydrogen-bond donors (Lipinski definition) is 3. The van der Waals surface area contributed by atoms with Crippen molar-refractivity contribution in [3.05, 3.63) is 12.7 Å². The lowest BCUT2D eigenvalue weighted by molar-refractivity contribution is -0.145. The van der Waals surface area contributed by atoms with Gasteiger partial charge in [0.25, 0.3) is 0 Å². The highest BCUT2D eigenvalue weighted by atomic mass is 32.2. The number of nitrogens with one attached hydrogen (secondary N) is 3. The van der Waals surface area contributed by atoms with E-state index in [9.17, 15) is 18.0 Å². The van der Waals surface area contributed by atoms with E-state index in [4.69, 9.17) is 0 Å². The van der Waals surface area contributed by atoms with Gasteiger partial charge in [-0.25, -0.2) is 0 Å². The first-order valence-electron chi connectivity index (χ1n) is 23.6. The van der Waals surface area contributed by atoms with Crippen LogP contribution in [-0.4, -0.2) is 114 Å². The molecule has 4 amide bonds. The molecule has 344 valence electrons. The molecular weight excluding hydrogens is 791 g/mol. The predicted octanol–water partition coefficient (Wildman–Crippen LogP) is 6.14. The second kappa shape index (κ2) is 17.3. The van der Waals surface area contributed by atoms with Crippen LogP contribution < -0.4 is 16.0 Å². The number of rotatable bonds is 15. The topological polar surface area (TPSA) is 161 Å². The summed E-state index contributed by atoms with van der Waals surface area (Å²) in [5.74, 6) is -1.38. The zero-order valence-electron chi connectivity index (χ0n) is 39.4. The van der Waals surface area contributed by atoms with Crippen LogP contribution in [-0.2, 0) is 29.4 Å². The third-order valence-corrected chi connectivity index (χ3v) is 18.4. The van der Waals surface area contributed by atoms with E-state index in [-0.39, 0.29) is 69.8 Å². The summed E-state index contributed by atoms with van der Waals surface area (Å²) >= 11 is 0. The number of piperidine rings is 1. The molecule has 0 bridgehead atoms. The molecule has 2 spiro atoms. The van der Waals surface area contributed by atoms with Gasteiger partial charge in [-0.1, -0.05) is 79.7 Å². The summed E-state index contributed by atoms with van der Waals surface area (Å²) in [7, 11) is -2.53. The minimum absolute atomic E-state index is 0.0276. The van der Waals surface area contributed by atoms with Crippen LogP contribution in [0.2, 0.25) is 0 Å². The Labute approximate surface area is 367 Å². The van der Waals surface area contributed by atoms with Crippen LogP contribution in [0.1, 0.15) is 159 Å². The summed E-state index contributed by atoms with van der Waals surface area (Å²) in [6.07, 6.45) is 13.7. The third-order valence-electron chi connectivity index (χ3n) is 16.8. The van der Waals surface area contributed by atoms with E-state index < -0.39 is 39.3 Å². The fraction of sp³-hybridized carbons (Fsp3) is 0.851. The Morgan fingerprint density at radius 3 is 2.03 bits per heavy atom. The smallest absolute Gasteiger partial charge is 0.322 e. The summed E-state index contributed by atoms with van der Waals surface area (Å²) in [5.41, 5.74) is -1.75. The van der Waals surface area contributed by atoms with Gasteiger partial charge in [0.1, 0.15) is 18.1 Å². The molecule has 0 radical (unpaired) electrons. The molecule has 14 heteroatoms. The van der Waals surface area contributed by atoms with E-state index in [0.717, 1.165) is 77.2 Å². The first-order valence-corrected chi connectivity index (χ1v) is 25.0. The maximum Gasteiger partial charge on any atom is 0.322 e. The quantitative estimate of drug-likeness (QED) is 0.132. The van der Waals surface area contributed by atoms with Gasteiger partial charge in [-0.3, -0.25) is 24.1 Å². The monoisotopic (exact) mass is 870 g/mol. The molecule has 2 saturated heterocycles. The van der Waals surface area contributed by atoms with Gasteiger partial charge in [-0.05, 0) is 114 Å². The van der Waals surface area contributed by atoms with Gasteiger partial charge in [0.15, 0.2) is 0 Å². The van der Waals surface area contributed by atoms with E-state index >= 15 is 9.59 Å². The Morgan fingerprint density at radius 1 is 0.885 bits per heavy atom. The maximum atomic E-state index is 15.4. The normalized spacial score (nSPS) is 31.2. The van der Waals surface area contributed by atoms with Crippen LogP contribution >= 0.6 is 0 Å². The predicted molar refractivity (Wildman–Crippen MR) is 241 cm³/mol. The molecule has 0 aromatic rings. The molecule has 61 heavy (non-hydrogen) atoms. The lowest BCUT2D eigenvalue weighted by Crippen LogP contribution is -2.63. The molecule has 3 N–H and O–H groups in total. The van der Waals surface area contributed by atoms with E-state index in [0.29, 0.717) is 31.5 Å².